The third-order valence-electron chi connectivity index (χ3n) is 2.32. The van der Waals surface area contributed by atoms with Gasteiger partial charge in [0.2, 0.25) is 0 Å². The zero-order valence-electron chi connectivity index (χ0n) is 9.48. The molecule has 0 aromatic heterocycles. The van der Waals surface area contributed by atoms with Crippen LogP contribution in [-0.4, -0.2) is 25.6 Å². The van der Waals surface area contributed by atoms with Gasteiger partial charge in [0, 0.05) is 12.2 Å². The Morgan fingerprint density at radius 3 is 2.47 bits per heavy atom. The van der Waals surface area contributed by atoms with Gasteiger partial charge >= 0.3 is 0 Å². The lowest BCUT2D eigenvalue weighted by Gasteiger charge is -2.07. The van der Waals surface area contributed by atoms with Gasteiger partial charge in [0.05, 0.1) is 6.54 Å². The van der Waals surface area contributed by atoms with E-state index in [1.165, 1.54) is 5.56 Å². The Labute approximate surface area is 114 Å². The normalized spacial score (nSPS) is 12.9. The molecule has 1 aromatic rings. The highest BCUT2D eigenvalue weighted by Crippen LogP contribution is 2.09. The second kappa shape index (κ2) is 8.17. The first-order valence-corrected chi connectivity index (χ1v) is 5.23. The molecule has 0 saturated carbocycles. The highest BCUT2D eigenvalue weighted by molar-refractivity contribution is 5.94. The Morgan fingerprint density at radius 1 is 1.24 bits per heavy atom. The minimum absolute atomic E-state index is 0. The van der Waals surface area contributed by atoms with E-state index in [0.717, 1.165) is 31.2 Å². The number of hydrogen-bond acceptors (Lipinski definition) is 4. The fraction of sp³-hybridized carbons (Fsp3) is 0.364. The monoisotopic (exact) mass is 276 g/mol. The third kappa shape index (κ3) is 4.81. The van der Waals surface area contributed by atoms with Crippen molar-refractivity contribution in [3.8, 4) is 0 Å². The highest BCUT2D eigenvalue weighted by atomic mass is 35.5. The average Bonchev–Trinajstić information content (AvgIpc) is 2.74. The maximum atomic E-state index is 5.49. The lowest BCUT2D eigenvalue weighted by molar-refractivity contribution is 0.959. The zero-order valence-corrected chi connectivity index (χ0v) is 11.1. The average molecular weight is 277 g/mol. The number of benzene rings is 1. The number of aliphatic imine (C=N–C) groups is 1. The Bertz CT molecular complexity index is 351. The van der Waals surface area contributed by atoms with Crippen LogP contribution >= 0.6 is 24.8 Å². The number of halogens is 2. The van der Waals surface area contributed by atoms with E-state index in [2.05, 4.69) is 27.8 Å². The molecule has 17 heavy (non-hydrogen) atoms. The quantitative estimate of drug-likeness (QED) is 0.782. The van der Waals surface area contributed by atoms with Crippen LogP contribution in [-0.2, 0) is 6.42 Å². The van der Waals surface area contributed by atoms with E-state index in [0.29, 0.717) is 6.54 Å². The molecule has 1 aromatic carbocycles. The van der Waals surface area contributed by atoms with E-state index < -0.39 is 0 Å². The predicted molar refractivity (Wildman–Crippen MR) is 77.6 cm³/mol. The SMILES string of the molecule is Cl.Cl.NCCc1ccc(NC2=NCCN2)cc1. The predicted octanol–water partition coefficient (Wildman–Crippen LogP) is 1.40. The first-order valence-electron chi connectivity index (χ1n) is 5.23. The van der Waals surface area contributed by atoms with E-state index in [4.69, 9.17) is 5.73 Å². The molecule has 0 unspecified atom stereocenters. The van der Waals surface area contributed by atoms with Gasteiger partial charge in [0.1, 0.15) is 0 Å². The Hall–Kier alpha value is -0.970. The largest absolute Gasteiger partial charge is 0.354 e. The third-order valence-corrected chi connectivity index (χ3v) is 2.32. The van der Waals surface area contributed by atoms with Crippen molar-refractivity contribution in [1.29, 1.82) is 0 Å². The van der Waals surface area contributed by atoms with E-state index in [9.17, 15) is 0 Å². The summed E-state index contributed by atoms with van der Waals surface area (Å²) >= 11 is 0. The lowest BCUT2D eigenvalue weighted by Crippen LogP contribution is -2.26. The summed E-state index contributed by atoms with van der Waals surface area (Å²) in [5.74, 6) is 0.863. The Balaban J connectivity index is 0.00000128. The molecule has 1 aliphatic heterocycles. The molecule has 4 N–H and O–H groups in total. The molecular formula is C11H18Cl2N4. The van der Waals surface area contributed by atoms with Crippen molar-refractivity contribution in [3.05, 3.63) is 29.8 Å². The van der Waals surface area contributed by atoms with Crippen LogP contribution in [0, 0.1) is 0 Å². The van der Waals surface area contributed by atoms with Crippen LogP contribution < -0.4 is 16.4 Å². The van der Waals surface area contributed by atoms with Crippen LogP contribution in [0.3, 0.4) is 0 Å². The summed E-state index contributed by atoms with van der Waals surface area (Å²) in [6.45, 7) is 2.47. The second-order valence-corrected chi connectivity index (χ2v) is 3.52. The minimum atomic E-state index is 0. The van der Waals surface area contributed by atoms with Gasteiger partial charge in [-0.05, 0) is 30.7 Å². The molecule has 0 saturated heterocycles. The summed E-state index contributed by atoms with van der Waals surface area (Å²) < 4.78 is 0. The van der Waals surface area contributed by atoms with Crippen molar-refractivity contribution in [1.82, 2.24) is 5.32 Å². The topological polar surface area (TPSA) is 62.4 Å². The molecule has 0 radical (unpaired) electrons. The standard InChI is InChI=1S/C11H16N4.2ClH/c12-6-5-9-1-3-10(4-2-9)15-11-13-7-8-14-11;;/h1-4H,5-8,12H2,(H2,13,14,15);2*1H. The second-order valence-electron chi connectivity index (χ2n) is 3.52. The van der Waals surface area contributed by atoms with Gasteiger partial charge in [-0.3, -0.25) is 4.99 Å². The van der Waals surface area contributed by atoms with Gasteiger partial charge in [0.15, 0.2) is 5.96 Å². The number of rotatable bonds is 3. The first-order chi connectivity index (χ1) is 7.38. The molecule has 6 heteroatoms. The molecule has 4 nitrogen and oxygen atoms in total. The molecule has 1 aliphatic rings. The number of nitrogens with one attached hydrogen (secondary N) is 2. The molecule has 1 heterocycles. The number of nitrogens with two attached hydrogens (primary N) is 1. The minimum Gasteiger partial charge on any atom is -0.354 e. The smallest absolute Gasteiger partial charge is 0.195 e. The van der Waals surface area contributed by atoms with E-state index in [1.54, 1.807) is 0 Å². The zero-order chi connectivity index (χ0) is 10.5. The van der Waals surface area contributed by atoms with Gasteiger partial charge in [-0.25, -0.2) is 0 Å². The van der Waals surface area contributed by atoms with E-state index in [1.807, 2.05) is 12.1 Å². The van der Waals surface area contributed by atoms with Gasteiger partial charge in [0.25, 0.3) is 0 Å². The molecule has 0 fully saturated rings. The highest BCUT2D eigenvalue weighted by Gasteiger charge is 2.03. The van der Waals surface area contributed by atoms with Crippen molar-refractivity contribution in [2.24, 2.45) is 10.7 Å². The number of nitrogens with zero attached hydrogens (tertiary/aromatic N) is 1. The Kier molecular flexibility index (Phi) is 7.70. The molecule has 0 bridgehead atoms. The van der Waals surface area contributed by atoms with Crippen molar-refractivity contribution >= 4 is 36.5 Å². The number of guanidine groups is 1. The number of anilines is 1. The summed E-state index contributed by atoms with van der Waals surface area (Å²) in [7, 11) is 0. The van der Waals surface area contributed by atoms with Crippen LogP contribution in [0.1, 0.15) is 5.56 Å². The van der Waals surface area contributed by atoms with Crippen molar-refractivity contribution in [3.63, 3.8) is 0 Å². The van der Waals surface area contributed by atoms with Crippen LogP contribution in [0.4, 0.5) is 5.69 Å². The van der Waals surface area contributed by atoms with Crippen molar-refractivity contribution in [2.45, 2.75) is 6.42 Å². The van der Waals surface area contributed by atoms with E-state index in [-0.39, 0.29) is 24.8 Å². The van der Waals surface area contributed by atoms with Crippen LogP contribution in [0.5, 0.6) is 0 Å². The number of hydrogen-bond donors (Lipinski definition) is 3. The molecule has 0 spiro atoms. The van der Waals surface area contributed by atoms with Crippen LogP contribution in [0.15, 0.2) is 29.3 Å². The molecule has 2 rings (SSSR count). The van der Waals surface area contributed by atoms with Crippen molar-refractivity contribution < 1.29 is 0 Å². The fourth-order valence-corrected chi connectivity index (χ4v) is 1.54. The molecule has 0 atom stereocenters. The molecular weight excluding hydrogens is 259 g/mol. The summed E-state index contributed by atoms with van der Waals surface area (Å²) in [5.41, 5.74) is 7.81. The maximum absolute atomic E-state index is 5.49. The summed E-state index contributed by atoms with van der Waals surface area (Å²) in [6.07, 6.45) is 0.930. The molecule has 0 amide bonds. The molecule has 0 aliphatic carbocycles. The maximum Gasteiger partial charge on any atom is 0.195 e. The van der Waals surface area contributed by atoms with Gasteiger partial charge in [-0.2, -0.15) is 0 Å². The summed E-state index contributed by atoms with van der Waals surface area (Å²) in [5, 5.41) is 6.38. The molecule has 96 valence electrons. The summed E-state index contributed by atoms with van der Waals surface area (Å²) in [4.78, 5) is 4.26. The van der Waals surface area contributed by atoms with Gasteiger partial charge < -0.3 is 16.4 Å². The first kappa shape index (κ1) is 16.0. The van der Waals surface area contributed by atoms with Crippen LogP contribution in [0.2, 0.25) is 0 Å². The van der Waals surface area contributed by atoms with Gasteiger partial charge in [-0.15, -0.1) is 24.8 Å². The van der Waals surface area contributed by atoms with Gasteiger partial charge in [-0.1, -0.05) is 12.1 Å². The van der Waals surface area contributed by atoms with Crippen molar-refractivity contribution in [2.75, 3.05) is 25.0 Å². The van der Waals surface area contributed by atoms with Crippen LogP contribution in [0.25, 0.3) is 0 Å². The summed E-state index contributed by atoms with van der Waals surface area (Å²) in [6, 6.07) is 8.27. The fourth-order valence-electron chi connectivity index (χ4n) is 1.54. The Morgan fingerprint density at radius 2 is 1.94 bits per heavy atom. The van der Waals surface area contributed by atoms with E-state index >= 15 is 0 Å². The lowest BCUT2D eigenvalue weighted by atomic mass is 10.1.